The summed E-state index contributed by atoms with van der Waals surface area (Å²) >= 11 is 0.999. The van der Waals surface area contributed by atoms with E-state index in [9.17, 15) is 18.8 Å². The van der Waals surface area contributed by atoms with E-state index in [1.165, 1.54) is 29.2 Å². The van der Waals surface area contributed by atoms with E-state index >= 15 is 0 Å². The van der Waals surface area contributed by atoms with Crippen LogP contribution in [-0.4, -0.2) is 79.3 Å². The quantitative estimate of drug-likeness (QED) is 0.307. The lowest BCUT2D eigenvalue weighted by Crippen LogP contribution is -2.39. The summed E-state index contributed by atoms with van der Waals surface area (Å²) in [6, 6.07) is 11.0. The first-order valence-electron chi connectivity index (χ1n) is 12.2. The third kappa shape index (κ3) is 7.74. The number of nitrogen functional groups attached to an aromatic ring is 1. The largest absolute Gasteiger partial charge is 0.484 e. The molecule has 2 amide bonds. The van der Waals surface area contributed by atoms with Crippen LogP contribution in [-0.2, 0) is 9.59 Å². The van der Waals surface area contributed by atoms with E-state index in [0.717, 1.165) is 24.3 Å². The van der Waals surface area contributed by atoms with Crippen molar-refractivity contribution in [2.24, 2.45) is 5.73 Å². The van der Waals surface area contributed by atoms with Gasteiger partial charge < -0.3 is 30.9 Å². The summed E-state index contributed by atoms with van der Waals surface area (Å²) in [7, 11) is 5.70. The normalized spacial score (nSPS) is 11.7. The molecule has 4 N–H and O–H groups in total. The number of ether oxygens (including phenoxy) is 1. The van der Waals surface area contributed by atoms with Gasteiger partial charge in [0.2, 0.25) is 11.7 Å². The molecule has 0 aliphatic carbocycles. The number of carbonyl (C=O) groups is 3. The van der Waals surface area contributed by atoms with Gasteiger partial charge >= 0.3 is 0 Å². The molecular formula is C27H33FN6O4S. The highest BCUT2D eigenvalue weighted by Gasteiger charge is 2.27. The number of amides is 2. The molecule has 1 atom stereocenters. The van der Waals surface area contributed by atoms with Gasteiger partial charge in [-0.2, -0.15) is 0 Å². The molecule has 0 saturated carbocycles. The van der Waals surface area contributed by atoms with Crippen LogP contribution in [0.25, 0.3) is 0 Å². The van der Waals surface area contributed by atoms with Crippen LogP contribution in [0.15, 0.2) is 48.5 Å². The molecule has 10 nitrogen and oxygen atoms in total. The van der Waals surface area contributed by atoms with Crippen LogP contribution in [0.1, 0.15) is 28.6 Å². The van der Waals surface area contributed by atoms with Gasteiger partial charge in [0.1, 0.15) is 28.3 Å². The Morgan fingerprint density at radius 3 is 2.26 bits per heavy atom. The van der Waals surface area contributed by atoms with E-state index in [-0.39, 0.29) is 34.1 Å². The van der Waals surface area contributed by atoms with Crippen molar-refractivity contribution in [3.05, 3.63) is 64.8 Å². The average molecular weight is 557 g/mol. The zero-order valence-electron chi connectivity index (χ0n) is 22.4. The number of nitrogens with zero attached hydrogens (tertiary/aromatic N) is 4. The number of benzene rings is 2. The van der Waals surface area contributed by atoms with Gasteiger partial charge in [0, 0.05) is 24.8 Å². The van der Waals surface area contributed by atoms with Gasteiger partial charge in [-0.15, -0.1) is 0 Å². The van der Waals surface area contributed by atoms with E-state index < -0.39 is 17.8 Å². The van der Waals surface area contributed by atoms with Gasteiger partial charge in [0.05, 0.1) is 0 Å². The minimum Gasteiger partial charge on any atom is -0.484 e. The number of hydrogen-bond acceptors (Lipinski definition) is 9. The second-order valence-electron chi connectivity index (χ2n) is 9.25. The van der Waals surface area contributed by atoms with E-state index in [0.29, 0.717) is 23.5 Å². The van der Waals surface area contributed by atoms with E-state index in [2.05, 4.69) is 9.88 Å². The molecule has 0 bridgehead atoms. The third-order valence-corrected chi connectivity index (χ3v) is 7.03. The van der Waals surface area contributed by atoms with Gasteiger partial charge in [-0.05, 0) is 82.5 Å². The number of carbonyl (C=O) groups excluding carboxylic acids is 3. The van der Waals surface area contributed by atoms with Gasteiger partial charge in [-0.25, -0.2) is 9.37 Å². The maximum Gasteiger partial charge on any atom is 0.260 e. The van der Waals surface area contributed by atoms with Crippen LogP contribution >= 0.6 is 11.3 Å². The Labute approximate surface area is 231 Å². The van der Waals surface area contributed by atoms with Crippen molar-refractivity contribution in [1.82, 2.24) is 14.8 Å². The summed E-state index contributed by atoms with van der Waals surface area (Å²) < 4.78 is 19.1. The predicted octanol–water partition coefficient (Wildman–Crippen LogP) is 2.90. The van der Waals surface area contributed by atoms with Gasteiger partial charge in [-0.1, -0.05) is 11.3 Å². The number of nitrogens with two attached hydrogens (primary N) is 2. The Morgan fingerprint density at radius 2 is 1.67 bits per heavy atom. The summed E-state index contributed by atoms with van der Waals surface area (Å²) in [5, 5.41) is 0.266. The summed E-state index contributed by atoms with van der Waals surface area (Å²) in [5.74, 6) is -1.15. The Balaban J connectivity index is 1.71. The molecule has 0 saturated heterocycles. The molecule has 3 aromatic rings. The van der Waals surface area contributed by atoms with Crippen LogP contribution in [0.4, 0.5) is 21.0 Å². The lowest BCUT2D eigenvalue weighted by Gasteiger charge is -2.26. The number of ketones is 1. The Bertz CT molecular complexity index is 1300. The molecule has 0 unspecified atom stereocenters. The lowest BCUT2D eigenvalue weighted by atomic mass is 10.1. The minimum atomic E-state index is -0.838. The first-order valence-corrected chi connectivity index (χ1v) is 13.1. The van der Waals surface area contributed by atoms with Crippen molar-refractivity contribution in [2.45, 2.75) is 19.4 Å². The van der Waals surface area contributed by atoms with Gasteiger partial charge in [0.25, 0.3) is 5.91 Å². The van der Waals surface area contributed by atoms with Gasteiger partial charge in [-0.3, -0.25) is 14.4 Å². The summed E-state index contributed by atoms with van der Waals surface area (Å²) in [4.78, 5) is 47.2. The number of thiazole rings is 1. The fourth-order valence-corrected chi connectivity index (χ4v) is 4.70. The van der Waals surface area contributed by atoms with Crippen molar-refractivity contribution in [2.75, 3.05) is 51.5 Å². The van der Waals surface area contributed by atoms with Crippen LogP contribution in [0.3, 0.4) is 0 Å². The van der Waals surface area contributed by atoms with Crippen LogP contribution in [0.5, 0.6) is 5.75 Å². The molecule has 208 valence electrons. The molecule has 3 rings (SSSR count). The van der Waals surface area contributed by atoms with Gasteiger partial charge in [0.15, 0.2) is 11.7 Å². The highest BCUT2D eigenvalue weighted by atomic mass is 32.1. The van der Waals surface area contributed by atoms with E-state index in [1.807, 2.05) is 14.1 Å². The van der Waals surface area contributed by atoms with Crippen LogP contribution in [0, 0.1) is 5.82 Å². The molecule has 0 spiro atoms. The number of likely N-dealkylation sites (N-methyl/N-ethyl adjacent to an activating group) is 1. The first-order chi connectivity index (χ1) is 18.5. The monoisotopic (exact) mass is 556 g/mol. The molecular weight excluding hydrogens is 523 g/mol. The van der Waals surface area contributed by atoms with E-state index in [1.54, 1.807) is 43.1 Å². The highest BCUT2D eigenvalue weighted by molar-refractivity contribution is 7.18. The summed E-state index contributed by atoms with van der Waals surface area (Å²) in [6.07, 6.45) is 0.859. The van der Waals surface area contributed by atoms with Crippen molar-refractivity contribution in [1.29, 1.82) is 0 Å². The molecule has 0 aliphatic heterocycles. The number of anilines is 3. The second-order valence-corrected chi connectivity index (χ2v) is 10.2. The molecule has 39 heavy (non-hydrogen) atoms. The number of primary amides is 1. The standard InChI is InChI=1S/C27H33FN6O4S/c1-17(26(30)37)34(20-10-8-19(28)9-11-20)27-31-25(29)24(39-27)23(36)18-6-12-21(13-7-18)38-16-22(35)33(4)15-5-14-32(2)3/h6-13,17H,5,14-16,29H2,1-4H3,(H2,30,37)/t17-/m1/s1. The fourth-order valence-electron chi connectivity index (χ4n) is 3.65. The highest BCUT2D eigenvalue weighted by Crippen LogP contribution is 2.36. The molecule has 1 heterocycles. The maximum absolute atomic E-state index is 13.5. The third-order valence-electron chi connectivity index (χ3n) is 5.96. The molecule has 12 heteroatoms. The Morgan fingerprint density at radius 1 is 1.03 bits per heavy atom. The SMILES string of the molecule is C[C@H](C(N)=O)N(c1ccc(F)cc1)c1nc(N)c(C(=O)c2ccc(OCC(=O)N(C)CCCN(C)C)cc2)s1. The number of halogens is 1. The Hall–Kier alpha value is -4.03. The van der Waals surface area contributed by atoms with Crippen LogP contribution in [0.2, 0.25) is 0 Å². The zero-order valence-corrected chi connectivity index (χ0v) is 23.2. The van der Waals surface area contributed by atoms with Crippen LogP contribution < -0.4 is 21.1 Å². The molecule has 0 fully saturated rings. The maximum atomic E-state index is 13.5. The second kappa shape index (κ2) is 13.2. The number of aromatic nitrogens is 1. The number of rotatable bonds is 13. The molecule has 1 aromatic heterocycles. The van der Waals surface area contributed by atoms with Crippen molar-refractivity contribution >= 4 is 45.6 Å². The molecule has 0 aliphatic rings. The van der Waals surface area contributed by atoms with Crippen molar-refractivity contribution in [3.63, 3.8) is 0 Å². The molecule has 0 radical (unpaired) electrons. The number of hydrogen-bond donors (Lipinski definition) is 2. The van der Waals surface area contributed by atoms with E-state index in [4.69, 9.17) is 16.2 Å². The Kier molecular flexibility index (Phi) is 9.96. The fraction of sp³-hybridized carbons (Fsp3) is 0.333. The smallest absolute Gasteiger partial charge is 0.260 e. The predicted molar refractivity (Wildman–Crippen MR) is 150 cm³/mol. The minimum absolute atomic E-state index is 0.00740. The zero-order chi connectivity index (χ0) is 28.7. The van der Waals surface area contributed by atoms with Crippen molar-refractivity contribution < 1.29 is 23.5 Å². The molecule has 2 aromatic carbocycles. The first kappa shape index (κ1) is 29.5. The summed E-state index contributed by atoms with van der Waals surface area (Å²) in [6.45, 7) is 2.97. The summed E-state index contributed by atoms with van der Waals surface area (Å²) in [5.41, 5.74) is 12.4. The van der Waals surface area contributed by atoms with Crippen molar-refractivity contribution in [3.8, 4) is 5.75 Å². The average Bonchev–Trinajstić information content (AvgIpc) is 3.28. The lowest BCUT2D eigenvalue weighted by molar-refractivity contribution is -0.132. The topological polar surface area (TPSA) is 135 Å².